The van der Waals surface area contributed by atoms with Crippen molar-refractivity contribution >= 4 is 12.1 Å². The van der Waals surface area contributed by atoms with E-state index in [1.807, 2.05) is 0 Å². The zero-order valence-electron chi connectivity index (χ0n) is 7.24. The van der Waals surface area contributed by atoms with Gasteiger partial charge in [0, 0.05) is 0 Å². The summed E-state index contributed by atoms with van der Waals surface area (Å²) >= 11 is 0. The Morgan fingerprint density at radius 1 is 1.40 bits per heavy atom. The molecule has 0 fully saturated rings. The van der Waals surface area contributed by atoms with Crippen LogP contribution in [0.5, 0.6) is 0 Å². The van der Waals surface area contributed by atoms with Crippen LogP contribution in [0.15, 0.2) is 0 Å². The molecule has 0 heterocycles. The number of ether oxygens (including phenoxy) is 1. The van der Waals surface area contributed by atoms with Crippen molar-refractivity contribution in [1.82, 2.24) is 5.32 Å². The number of carbonyl (C=O) groups is 2. The van der Waals surface area contributed by atoms with Crippen molar-refractivity contribution in [2.45, 2.75) is 12.2 Å². The van der Waals surface area contributed by atoms with Gasteiger partial charge in [-0.15, -0.1) is 0 Å². The lowest BCUT2D eigenvalue weighted by Gasteiger charge is -2.12. The maximum Gasteiger partial charge on any atom is 0.422 e. The predicted octanol–water partition coefficient (Wildman–Crippen LogP) is -0.280. The largest absolute Gasteiger partial charge is 0.480 e. The van der Waals surface area contributed by atoms with Crippen molar-refractivity contribution in [3.8, 4) is 0 Å². The van der Waals surface area contributed by atoms with Crippen molar-refractivity contribution < 1.29 is 37.7 Å². The highest BCUT2D eigenvalue weighted by atomic mass is 19.4. The lowest BCUT2D eigenvalue weighted by atomic mass is 10.3. The summed E-state index contributed by atoms with van der Waals surface area (Å²) in [5, 5.41) is 18.2. The normalized spacial score (nSPS) is 13.1. The van der Waals surface area contributed by atoms with Crippen LogP contribution in [-0.2, 0) is 9.53 Å². The van der Waals surface area contributed by atoms with Crippen LogP contribution in [0.3, 0.4) is 0 Å². The van der Waals surface area contributed by atoms with Gasteiger partial charge in [-0.05, 0) is 0 Å². The van der Waals surface area contributed by atoms with E-state index in [-0.39, 0.29) is 0 Å². The third kappa shape index (κ3) is 6.55. The number of carbonyl (C=O) groups excluding carboxylic acids is 1. The number of amides is 1. The van der Waals surface area contributed by atoms with Crippen LogP contribution in [0, 0.1) is 0 Å². The highest BCUT2D eigenvalue weighted by Gasteiger charge is 2.30. The number of rotatable bonds is 4. The Labute approximate surface area is 81.6 Å². The molecule has 0 aliphatic carbocycles. The lowest BCUT2D eigenvalue weighted by Crippen LogP contribution is -2.44. The molecular weight excluding hydrogens is 223 g/mol. The van der Waals surface area contributed by atoms with Gasteiger partial charge >= 0.3 is 18.2 Å². The fourth-order valence-electron chi connectivity index (χ4n) is 0.517. The van der Waals surface area contributed by atoms with E-state index in [0.717, 1.165) is 0 Å². The smallest absolute Gasteiger partial charge is 0.422 e. The minimum atomic E-state index is -4.69. The number of carboxylic acids is 1. The third-order valence-electron chi connectivity index (χ3n) is 1.14. The maximum atomic E-state index is 11.5. The molecule has 88 valence electrons. The Morgan fingerprint density at radius 3 is 2.27 bits per heavy atom. The number of halogens is 3. The standard InChI is InChI=1S/C6H8F3NO5/c7-6(8,9)2-15-5(14)10-3(1-11)4(12)13/h3,11H,1-2H2,(H,10,14)(H,12,13)/t3-/m1/s1. The summed E-state index contributed by atoms with van der Waals surface area (Å²) in [7, 11) is 0. The maximum absolute atomic E-state index is 11.5. The summed E-state index contributed by atoms with van der Waals surface area (Å²) in [6.07, 6.45) is -6.25. The van der Waals surface area contributed by atoms with Crippen molar-refractivity contribution in [3.05, 3.63) is 0 Å². The topological polar surface area (TPSA) is 95.9 Å². The van der Waals surface area contributed by atoms with E-state index in [1.165, 1.54) is 5.32 Å². The summed E-state index contributed by atoms with van der Waals surface area (Å²) in [6, 6.07) is -1.69. The number of hydrogen-bond acceptors (Lipinski definition) is 4. The molecule has 15 heavy (non-hydrogen) atoms. The minimum absolute atomic E-state index is 0.948. The molecule has 0 aliphatic rings. The minimum Gasteiger partial charge on any atom is -0.480 e. The summed E-state index contributed by atoms with van der Waals surface area (Å²) in [4.78, 5) is 20.8. The molecule has 1 amide bonds. The number of carboxylic acid groups (broad SMARTS) is 1. The number of nitrogens with one attached hydrogen (secondary N) is 1. The molecule has 0 bridgehead atoms. The fraction of sp³-hybridized carbons (Fsp3) is 0.667. The van der Waals surface area contributed by atoms with Gasteiger partial charge < -0.3 is 20.3 Å². The van der Waals surface area contributed by atoms with E-state index in [4.69, 9.17) is 10.2 Å². The van der Waals surface area contributed by atoms with Gasteiger partial charge in [-0.1, -0.05) is 0 Å². The Morgan fingerprint density at radius 2 is 1.93 bits per heavy atom. The van der Waals surface area contributed by atoms with E-state index >= 15 is 0 Å². The number of aliphatic carboxylic acids is 1. The number of alkyl carbamates (subject to hydrolysis) is 1. The Kier molecular flexibility index (Phi) is 4.85. The molecule has 0 spiro atoms. The van der Waals surface area contributed by atoms with Gasteiger partial charge in [0.15, 0.2) is 12.6 Å². The summed E-state index contributed by atoms with van der Waals surface area (Å²) in [6.45, 7) is -2.77. The van der Waals surface area contributed by atoms with Gasteiger partial charge in [0.05, 0.1) is 6.61 Å². The summed E-state index contributed by atoms with van der Waals surface area (Å²) in [5.41, 5.74) is 0. The zero-order chi connectivity index (χ0) is 12.1. The van der Waals surface area contributed by atoms with Gasteiger partial charge in [0.2, 0.25) is 0 Å². The SMILES string of the molecule is O=C(N[C@H](CO)C(=O)O)OCC(F)(F)F. The molecule has 0 rings (SSSR count). The monoisotopic (exact) mass is 231 g/mol. The molecule has 0 aromatic heterocycles. The summed E-state index contributed by atoms with van der Waals surface area (Å²) in [5.74, 6) is -1.58. The van der Waals surface area contributed by atoms with E-state index in [0.29, 0.717) is 0 Å². The van der Waals surface area contributed by atoms with Crippen molar-refractivity contribution in [3.63, 3.8) is 0 Å². The number of hydrogen-bond donors (Lipinski definition) is 3. The van der Waals surface area contributed by atoms with Crippen LogP contribution >= 0.6 is 0 Å². The first-order valence-electron chi connectivity index (χ1n) is 3.60. The highest BCUT2D eigenvalue weighted by molar-refractivity contribution is 5.79. The van der Waals surface area contributed by atoms with E-state index in [2.05, 4.69) is 4.74 Å². The first-order chi connectivity index (χ1) is 6.76. The Bertz CT molecular complexity index is 241. The number of aliphatic hydroxyl groups excluding tert-OH is 1. The van der Waals surface area contributed by atoms with Gasteiger partial charge in [-0.3, -0.25) is 0 Å². The van der Waals surface area contributed by atoms with Crippen LogP contribution in [0.25, 0.3) is 0 Å². The van der Waals surface area contributed by atoms with Crippen LogP contribution in [-0.4, -0.2) is 47.7 Å². The van der Waals surface area contributed by atoms with Gasteiger partial charge in [-0.25, -0.2) is 9.59 Å². The van der Waals surface area contributed by atoms with Gasteiger partial charge in [0.1, 0.15) is 0 Å². The average Bonchev–Trinajstić information content (AvgIpc) is 2.09. The molecule has 0 unspecified atom stereocenters. The molecule has 0 radical (unpaired) electrons. The van der Waals surface area contributed by atoms with Crippen molar-refractivity contribution in [2.75, 3.05) is 13.2 Å². The second kappa shape index (κ2) is 5.39. The van der Waals surface area contributed by atoms with Gasteiger partial charge in [0.25, 0.3) is 0 Å². The molecule has 0 aromatic rings. The zero-order valence-corrected chi connectivity index (χ0v) is 7.24. The molecule has 0 aliphatic heterocycles. The number of alkyl halides is 3. The molecule has 1 atom stereocenters. The van der Waals surface area contributed by atoms with E-state index < -0.39 is 37.5 Å². The number of aliphatic hydroxyl groups is 1. The average molecular weight is 231 g/mol. The second-order valence-electron chi connectivity index (χ2n) is 2.41. The second-order valence-corrected chi connectivity index (χ2v) is 2.41. The Hall–Kier alpha value is -1.51. The van der Waals surface area contributed by atoms with Crippen molar-refractivity contribution in [2.24, 2.45) is 0 Å². The molecule has 9 heteroatoms. The molecule has 3 N–H and O–H groups in total. The molecule has 0 aromatic carbocycles. The molecular formula is C6H8F3NO5. The van der Waals surface area contributed by atoms with E-state index in [9.17, 15) is 22.8 Å². The third-order valence-corrected chi connectivity index (χ3v) is 1.14. The molecule has 0 saturated heterocycles. The lowest BCUT2D eigenvalue weighted by molar-refractivity contribution is -0.160. The van der Waals surface area contributed by atoms with Crippen LogP contribution in [0.1, 0.15) is 0 Å². The fourth-order valence-corrected chi connectivity index (χ4v) is 0.517. The van der Waals surface area contributed by atoms with Crippen LogP contribution in [0.4, 0.5) is 18.0 Å². The van der Waals surface area contributed by atoms with Gasteiger partial charge in [-0.2, -0.15) is 13.2 Å². The Balaban J connectivity index is 3.98. The van der Waals surface area contributed by atoms with E-state index in [1.54, 1.807) is 0 Å². The predicted molar refractivity (Wildman–Crippen MR) is 39.0 cm³/mol. The van der Waals surface area contributed by atoms with Crippen LogP contribution < -0.4 is 5.32 Å². The first-order valence-corrected chi connectivity index (χ1v) is 3.60. The van der Waals surface area contributed by atoms with Crippen molar-refractivity contribution in [1.29, 1.82) is 0 Å². The summed E-state index contributed by atoms with van der Waals surface area (Å²) < 4.78 is 38.2. The highest BCUT2D eigenvalue weighted by Crippen LogP contribution is 2.14. The first kappa shape index (κ1) is 13.5. The quantitative estimate of drug-likeness (QED) is 0.618. The molecule has 6 nitrogen and oxygen atoms in total. The van der Waals surface area contributed by atoms with Crippen LogP contribution in [0.2, 0.25) is 0 Å². The molecule has 0 saturated carbocycles.